The summed E-state index contributed by atoms with van der Waals surface area (Å²) in [4.78, 5) is 21.0. The molecule has 1 unspecified atom stereocenters. The Hall–Kier alpha value is -1.13. The van der Waals surface area contributed by atoms with E-state index < -0.39 is 10.9 Å². The first-order valence-electron chi connectivity index (χ1n) is 4.46. The number of hydrogen-bond donors (Lipinski definition) is 0. The predicted octanol–water partition coefficient (Wildman–Crippen LogP) is 1.49. The number of carbonyl (C=O) groups is 1. The van der Waals surface area contributed by atoms with Gasteiger partial charge < -0.3 is 4.74 Å². The van der Waals surface area contributed by atoms with Gasteiger partial charge in [-0.15, -0.1) is 0 Å². The summed E-state index contributed by atoms with van der Waals surface area (Å²) in [7, 11) is 1.29. The van der Waals surface area contributed by atoms with Gasteiger partial charge in [-0.25, -0.2) is 0 Å². The lowest BCUT2D eigenvalue weighted by Crippen LogP contribution is -2.30. The number of methoxy groups -OCH3 is 1. The minimum absolute atomic E-state index is 0.0982. The number of carbonyl (C=O) groups excluding carboxylic acids is 1. The van der Waals surface area contributed by atoms with E-state index in [0.29, 0.717) is 0 Å². The van der Waals surface area contributed by atoms with Crippen LogP contribution in [0.5, 0.6) is 0 Å². The Balaban J connectivity index is 4.41. The Labute approximate surface area is 83.6 Å². The van der Waals surface area contributed by atoms with Crippen molar-refractivity contribution in [3.8, 4) is 0 Å². The van der Waals surface area contributed by atoms with Gasteiger partial charge in [0.1, 0.15) is 0 Å². The molecule has 0 bridgehead atoms. The fourth-order valence-corrected chi connectivity index (χ4v) is 1.11. The van der Waals surface area contributed by atoms with Crippen LogP contribution in [0, 0.1) is 21.4 Å². The molecule has 82 valence electrons. The van der Waals surface area contributed by atoms with Gasteiger partial charge in [0, 0.05) is 10.8 Å². The largest absolute Gasteiger partial charge is 0.469 e. The Kier molecular flexibility index (Phi) is 4.53. The molecule has 0 saturated carbocycles. The van der Waals surface area contributed by atoms with Crippen LogP contribution in [0.1, 0.15) is 27.2 Å². The second-order valence-corrected chi connectivity index (χ2v) is 4.36. The molecule has 0 aliphatic heterocycles. The van der Waals surface area contributed by atoms with Gasteiger partial charge in [0.2, 0.25) is 6.54 Å². The molecule has 0 radical (unpaired) electrons. The highest BCUT2D eigenvalue weighted by Crippen LogP contribution is 2.29. The molecule has 0 N–H and O–H groups in total. The quantitative estimate of drug-likeness (QED) is 0.394. The number of ether oxygens (including phenoxy) is 1. The average Bonchev–Trinajstić information content (AvgIpc) is 2.00. The zero-order chi connectivity index (χ0) is 11.4. The Morgan fingerprint density at radius 3 is 2.29 bits per heavy atom. The first kappa shape index (κ1) is 12.9. The van der Waals surface area contributed by atoms with Crippen molar-refractivity contribution in [3.05, 3.63) is 10.1 Å². The van der Waals surface area contributed by atoms with E-state index in [1.165, 1.54) is 7.11 Å². The van der Waals surface area contributed by atoms with Gasteiger partial charge in [0.25, 0.3) is 0 Å². The van der Waals surface area contributed by atoms with Gasteiger partial charge in [-0.3, -0.25) is 14.9 Å². The summed E-state index contributed by atoms with van der Waals surface area (Å²) in [5.74, 6) is -0.684. The SMILES string of the molecule is COC(=O)CC(C[N+](=O)[O-])C(C)(C)C. The van der Waals surface area contributed by atoms with Crippen molar-refractivity contribution in [2.45, 2.75) is 27.2 Å². The summed E-state index contributed by atoms with van der Waals surface area (Å²) >= 11 is 0. The zero-order valence-corrected chi connectivity index (χ0v) is 9.07. The summed E-state index contributed by atoms with van der Waals surface area (Å²) in [6.07, 6.45) is 0.0982. The number of nitrogens with zero attached hydrogens (tertiary/aromatic N) is 1. The summed E-state index contributed by atoms with van der Waals surface area (Å²) in [6, 6.07) is 0. The number of esters is 1. The van der Waals surface area contributed by atoms with Gasteiger partial charge in [-0.1, -0.05) is 20.8 Å². The van der Waals surface area contributed by atoms with Crippen molar-refractivity contribution in [1.29, 1.82) is 0 Å². The van der Waals surface area contributed by atoms with E-state index in [2.05, 4.69) is 4.74 Å². The van der Waals surface area contributed by atoms with Crippen LogP contribution in [-0.2, 0) is 9.53 Å². The molecule has 0 heterocycles. The van der Waals surface area contributed by atoms with Crippen LogP contribution >= 0.6 is 0 Å². The zero-order valence-electron chi connectivity index (χ0n) is 9.07. The number of rotatable bonds is 4. The van der Waals surface area contributed by atoms with Crippen LogP contribution in [0.25, 0.3) is 0 Å². The van der Waals surface area contributed by atoms with E-state index in [-0.39, 0.29) is 24.3 Å². The normalized spacial score (nSPS) is 13.4. The molecule has 0 aromatic carbocycles. The molecule has 14 heavy (non-hydrogen) atoms. The maximum atomic E-state index is 11.0. The highest BCUT2D eigenvalue weighted by Gasteiger charge is 2.31. The van der Waals surface area contributed by atoms with E-state index >= 15 is 0 Å². The Bertz CT molecular complexity index is 219. The van der Waals surface area contributed by atoms with E-state index in [4.69, 9.17) is 0 Å². The Morgan fingerprint density at radius 1 is 1.50 bits per heavy atom. The first-order valence-corrected chi connectivity index (χ1v) is 4.46. The lowest BCUT2D eigenvalue weighted by Gasteiger charge is -2.26. The molecule has 0 amide bonds. The van der Waals surface area contributed by atoms with E-state index in [0.717, 1.165) is 0 Å². The summed E-state index contributed by atoms with van der Waals surface area (Å²) < 4.78 is 4.50. The lowest BCUT2D eigenvalue weighted by atomic mass is 9.79. The minimum Gasteiger partial charge on any atom is -0.469 e. The van der Waals surface area contributed by atoms with Gasteiger partial charge >= 0.3 is 5.97 Å². The van der Waals surface area contributed by atoms with Gasteiger partial charge in [0.05, 0.1) is 13.5 Å². The summed E-state index contributed by atoms with van der Waals surface area (Å²) in [5.41, 5.74) is -0.263. The van der Waals surface area contributed by atoms with Crippen LogP contribution in [0.3, 0.4) is 0 Å². The third kappa shape index (κ3) is 4.79. The van der Waals surface area contributed by atoms with Crippen molar-refractivity contribution < 1.29 is 14.5 Å². The summed E-state index contributed by atoms with van der Waals surface area (Å²) in [6.45, 7) is 5.44. The fraction of sp³-hybridized carbons (Fsp3) is 0.889. The molecule has 0 aliphatic carbocycles. The molecule has 5 nitrogen and oxygen atoms in total. The number of hydrogen-bond acceptors (Lipinski definition) is 4. The smallest absolute Gasteiger partial charge is 0.306 e. The molecular formula is C9H17NO4. The third-order valence-corrected chi connectivity index (χ3v) is 2.23. The lowest BCUT2D eigenvalue weighted by molar-refractivity contribution is -0.491. The van der Waals surface area contributed by atoms with Crippen molar-refractivity contribution in [1.82, 2.24) is 0 Å². The third-order valence-electron chi connectivity index (χ3n) is 2.23. The second-order valence-electron chi connectivity index (χ2n) is 4.36. The van der Waals surface area contributed by atoms with Crippen LogP contribution in [-0.4, -0.2) is 24.5 Å². The molecule has 0 fully saturated rings. The van der Waals surface area contributed by atoms with Crippen LogP contribution in [0.15, 0.2) is 0 Å². The minimum atomic E-state index is -0.397. The summed E-state index contributed by atoms with van der Waals surface area (Å²) in [5, 5.41) is 10.4. The topological polar surface area (TPSA) is 69.4 Å². The molecule has 0 saturated heterocycles. The van der Waals surface area contributed by atoms with Crippen LogP contribution in [0.4, 0.5) is 0 Å². The molecule has 1 atom stereocenters. The fourth-order valence-electron chi connectivity index (χ4n) is 1.11. The van der Waals surface area contributed by atoms with Crippen LogP contribution < -0.4 is 0 Å². The van der Waals surface area contributed by atoms with Gasteiger partial charge in [-0.05, 0) is 5.41 Å². The van der Waals surface area contributed by atoms with E-state index in [1.54, 1.807) is 0 Å². The highest BCUT2D eigenvalue weighted by molar-refractivity contribution is 5.69. The monoisotopic (exact) mass is 203 g/mol. The van der Waals surface area contributed by atoms with E-state index in [9.17, 15) is 14.9 Å². The molecule has 0 aromatic heterocycles. The number of nitro groups is 1. The molecule has 5 heteroatoms. The van der Waals surface area contributed by atoms with Crippen molar-refractivity contribution in [3.63, 3.8) is 0 Å². The molecule has 0 rings (SSSR count). The maximum Gasteiger partial charge on any atom is 0.306 e. The predicted molar refractivity (Wildman–Crippen MR) is 51.4 cm³/mol. The first-order chi connectivity index (χ1) is 6.27. The maximum absolute atomic E-state index is 11.0. The van der Waals surface area contributed by atoms with Gasteiger partial charge in [0.15, 0.2) is 0 Å². The van der Waals surface area contributed by atoms with E-state index in [1.807, 2.05) is 20.8 Å². The van der Waals surface area contributed by atoms with Crippen molar-refractivity contribution >= 4 is 5.97 Å². The second kappa shape index (κ2) is 4.93. The van der Waals surface area contributed by atoms with Crippen LogP contribution in [0.2, 0.25) is 0 Å². The van der Waals surface area contributed by atoms with Crippen molar-refractivity contribution in [2.24, 2.45) is 11.3 Å². The molecule has 0 spiro atoms. The molecule has 0 aliphatic rings. The Morgan fingerprint density at radius 2 is 2.00 bits per heavy atom. The van der Waals surface area contributed by atoms with Gasteiger partial charge in [-0.2, -0.15) is 0 Å². The molecular weight excluding hydrogens is 186 g/mol. The van der Waals surface area contributed by atoms with Crippen molar-refractivity contribution in [2.75, 3.05) is 13.7 Å². The average molecular weight is 203 g/mol. The molecule has 0 aromatic rings. The standard InChI is InChI=1S/C9H17NO4/c1-9(2,3)7(6-10(12)13)5-8(11)14-4/h7H,5-6H2,1-4H3. The highest BCUT2D eigenvalue weighted by atomic mass is 16.6.